The van der Waals surface area contributed by atoms with Crippen LogP contribution < -0.4 is 5.73 Å². The van der Waals surface area contributed by atoms with Gasteiger partial charge in [-0.1, -0.05) is 17.7 Å². The highest BCUT2D eigenvalue weighted by Gasteiger charge is 2.05. The molecule has 0 aliphatic carbocycles. The van der Waals surface area contributed by atoms with Crippen LogP contribution in [0.15, 0.2) is 12.1 Å². The monoisotopic (exact) mass is 171 g/mol. The molecule has 0 atom stereocenters. The minimum atomic E-state index is 0.208. The van der Waals surface area contributed by atoms with Crippen molar-refractivity contribution in [3.8, 4) is 5.75 Å². The number of rotatable bonds is 1. The summed E-state index contributed by atoms with van der Waals surface area (Å²) in [6.45, 7) is 2.08. The Hall–Kier alpha value is -0.730. The van der Waals surface area contributed by atoms with E-state index in [1.807, 2.05) is 6.92 Å². The molecule has 0 aliphatic heterocycles. The van der Waals surface area contributed by atoms with E-state index in [1.165, 1.54) is 0 Å². The van der Waals surface area contributed by atoms with Crippen LogP contribution in [0.25, 0.3) is 0 Å². The van der Waals surface area contributed by atoms with E-state index in [9.17, 15) is 5.11 Å². The second-order valence-corrected chi connectivity index (χ2v) is 2.80. The molecular formula is C8H10ClNO. The number of phenolic OH excluding ortho intramolecular Hbond substituents is 1. The van der Waals surface area contributed by atoms with Crippen LogP contribution in [-0.2, 0) is 6.54 Å². The zero-order chi connectivity index (χ0) is 8.43. The molecule has 0 aromatic heterocycles. The Morgan fingerprint density at radius 3 is 2.64 bits per heavy atom. The van der Waals surface area contributed by atoms with Gasteiger partial charge in [-0.05, 0) is 18.6 Å². The third-order valence-electron chi connectivity index (χ3n) is 1.63. The second kappa shape index (κ2) is 3.11. The van der Waals surface area contributed by atoms with Crippen molar-refractivity contribution in [2.45, 2.75) is 13.5 Å². The first kappa shape index (κ1) is 8.37. The van der Waals surface area contributed by atoms with Gasteiger partial charge in [0.05, 0.1) is 0 Å². The van der Waals surface area contributed by atoms with E-state index < -0.39 is 0 Å². The minimum absolute atomic E-state index is 0.208. The molecule has 1 aromatic rings. The van der Waals surface area contributed by atoms with Gasteiger partial charge in [0.1, 0.15) is 5.75 Å². The zero-order valence-electron chi connectivity index (χ0n) is 6.26. The molecule has 3 N–H and O–H groups in total. The van der Waals surface area contributed by atoms with Crippen LogP contribution in [0.4, 0.5) is 0 Å². The van der Waals surface area contributed by atoms with Gasteiger partial charge >= 0.3 is 0 Å². The molecule has 3 heteroatoms. The Morgan fingerprint density at radius 1 is 1.55 bits per heavy atom. The molecule has 2 nitrogen and oxygen atoms in total. The van der Waals surface area contributed by atoms with Gasteiger partial charge in [-0.15, -0.1) is 0 Å². The van der Waals surface area contributed by atoms with Gasteiger partial charge in [-0.2, -0.15) is 0 Å². The van der Waals surface area contributed by atoms with E-state index in [-0.39, 0.29) is 12.3 Å². The summed E-state index contributed by atoms with van der Waals surface area (Å²) >= 11 is 5.76. The van der Waals surface area contributed by atoms with E-state index in [2.05, 4.69) is 0 Å². The molecule has 0 aliphatic rings. The summed E-state index contributed by atoms with van der Waals surface area (Å²) in [6, 6.07) is 3.50. The van der Waals surface area contributed by atoms with Crippen molar-refractivity contribution in [2.75, 3.05) is 0 Å². The van der Waals surface area contributed by atoms with Crippen LogP contribution in [0.5, 0.6) is 5.75 Å². The summed E-state index contributed by atoms with van der Waals surface area (Å²) in [4.78, 5) is 0. The normalized spacial score (nSPS) is 10.1. The molecule has 60 valence electrons. The number of aromatic hydroxyl groups is 1. The Kier molecular flexibility index (Phi) is 2.37. The second-order valence-electron chi connectivity index (χ2n) is 2.40. The number of phenols is 1. The highest BCUT2D eigenvalue weighted by Crippen LogP contribution is 2.27. The lowest BCUT2D eigenvalue weighted by atomic mass is 10.1. The lowest BCUT2D eigenvalue weighted by molar-refractivity contribution is 0.464. The van der Waals surface area contributed by atoms with Crippen molar-refractivity contribution in [3.63, 3.8) is 0 Å². The molecule has 1 rings (SSSR count). The SMILES string of the molecule is Cc1ccc(Cl)c(CN)c1O. The molecule has 0 unspecified atom stereocenters. The smallest absolute Gasteiger partial charge is 0.124 e. The van der Waals surface area contributed by atoms with E-state index in [0.29, 0.717) is 10.6 Å². The van der Waals surface area contributed by atoms with Crippen LogP contribution >= 0.6 is 11.6 Å². The summed E-state index contributed by atoms with van der Waals surface area (Å²) < 4.78 is 0. The fourth-order valence-electron chi connectivity index (χ4n) is 0.923. The van der Waals surface area contributed by atoms with Crippen molar-refractivity contribution in [3.05, 3.63) is 28.3 Å². The summed E-state index contributed by atoms with van der Waals surface area (Å²) in [7, 11) is 0. The predicted octanol–water partition coefficient (Wildman–Crippen LogP) is 1.81. The van der Waals surface area contributed by atoms with Crippen LogP contribution in [-0.4, -0.2) is 5.11 Å². The van der Waals surface area contributed by atoms with Crippen molar-refractivity contribution in [1.29, 1.82) is 0 Å². The lowest BCUT2D eigenvalue weighted by Gasteiger charge is -2.05. The lowest BCUT2D eigenvalue weighted by Crippen LogP contribution is -1.98. The standard InChI is InChI=1S/C8H10ClNO/c1-5-2-3-7(9)6(4-10)8(5)11/h2-3,11H,4,10H2,1H3. The maximum absolute atomic E-state index is 9.41. The van der Waals surface area contributed by atoms with E-state index in [0.717, 1.165) is 5.56 Å². The Balaban J connectivity index is 3.29. The fraction of sp³-hybridized carbons (Fsp3) is 0.250. The number of hydrogen-bond donors (Lipinski definition) is 2. The number of hydrogen-bond acceptors (Lipinski definition) is 2. The molecule has 0 spiro atoms. The first-order chi connectivity index (χ1) is 5.16. The van der Waals surface area contributed by atoms with Crippen molar-refractivity contribution < 1.29 is 5.11 Å². The highest BCUT2D eigenvalue weighted by molar-refractivity contribution is 6.31. The van der Waals surface area contributed by atoms with E-state index in [4.69, 9.17) is 17.3 Å². The fourth-order valence-corrected chi connectivity index (χ4v) is 1.15. The number of aryl methyl sites for hydroxylation is 1. The number of halogens is 1. The third kappa shape index (κ3) is 1.47. The topological polar surface area (TPSA) is 46.2 Å². The summed E-state index contributed by atoms with van der Waals surface area (Å²) in [6.07, 6.45) is 0. The molecule has 0 heterocycles. The molecule has 11 heavy (non-hydrogen) atoms. The van der Waals surface area contributed by atoms with Gasteiger partial charge in [0.25, 0.3) is 0 Å². The van der Waals surface area contributed by atoms with Gasteiger partial charge in [0.2, 0.25) is 0 Å². The quantitative estimate of drug-likeness (QED) is 0.677. The maximum atomic E-state index is 9.41. The van der Waals surface area contributed by atoms with Crippen LogP contribution in [0.2, 0.25) is 5.02 Å². The van der Waals surface area contributed by atoms with Crippen molar-refractivity contribution in [2.24, 2.45) is 5.73 Å². The number of benzene rings is 1. The third-order valence-corrected chi connectivity index (χ3v) is 1.99. The van der Waals surface area contributed by atoms with Crippen LogP contribution in [0.3, 0.4) is 0 Å². The zero-order valence-corrected chi connectivity index (χ0v) is 7.02. The van der Waals surface area contributed by atoms with Crippen molar-refractivity contribution in [1.82, 2.24) is 0 Å². The summed E-state index contributed by atoms with van der Waals surface area (Å²) in [5, 5.41) is 9.94. The van der Waals surface area contributed by atoms with Crippen LogP contribution in [0, 0.1) is 6.92 Å². The molecule has 1 aromatic carbocycles. The van der Waals surface area contributed by atoms with Crippen molar-refractivity contribution >= 4 is 11.6 Å². The van der Waals surface area contributed by atoms with Crippen LogP contribution in [0.1, 0.15) is 11.1 Å². The summed E-state index contributed by atoms with van der Waals surface area (Å²) in [5.41, 5.74) is 6.79. The molecule has 0 amide bonds. The average molecular weight is 172 g/mol. The van der Waals surface area contributed by atoms with Gasteiger partial charge in [0, 0.05) is 17.1 Å². The Bertz CT molecular complexity index is 273. The highest BCUT2D eigenvalue weighted by atomic mass is 35.5. The molecule has 0 radical (unpaired) electrons. The van der Waals surface area contributed by atoms with Gasteiger partial charge in [0.15, 0.2) is 0 Å². The minimum Gasteiger partial charge on any atom is -0.507 e. The predicted molar refractivity (Wildman–Crippen MR) is 45.7 cm³/mol. The summed E-state index contributed by atoms with van der Waals surface area (Å²) in [5.74, 6) is 0.208. The van der Waals surface area contributed by atoms with Gasteiger partial charge in [-0.3, -0.25) is 0 Å². The Morgan fingerprint density at radius 2 is 2.18 bits per heavy atom. The maximum Gasteiger partial charge on any atom is 0.124 e. The first-order valence-electron chi connectivity index (χ1n) is 3.34. The molecular weight excluding hydrogens is 162 g/mol. The largest absolute Gasteiger partial charge is 0.507 e. The van der Waals surface area contributed by atoms with Gasteiger partial charge in [-0.25, -0.2) is 0 Å². The first-order valence-corrected chi connectivity index (χ1v) is 3.71. The van der Waals surface area contributed by atoms with E-state index in [1.54, 1.807) is 12.1 Å². The van der Waals surface area contributed by atoms with Gasteiger partial charge < -0.3 is 10.8 Å². The molecule has 0 saturated heterocycles. The van der Waals surface area contributed by atoms with E-state index >= 15 is 0 Å². The molecule has 0 bridgehead atoms. The Labute approximate surface area is 70.6 Å². The average Bonchev–Trinajstić information content (AvgIpc) is 1.99. The number of nitrogens with two attached hydrogens (primary N) is 1. The molecule has 0 fully saturated rings. The molecule has 0 saturated carbocycles.